The number of carbonyl (C=O) groups is 3. The maximum Gasteiger partial charge on any atom is 0.292 e. The summed E-state index contributed by atoms with van der Waals surface area (Å²) in [7, 11) is 0. The minimum atomic E-state index is -0.646. The standard InChI is InChI=1S/C27H30N4O3/c1-4-29(5-2)25(32)18-30-17-22(21-11-7-9-13-24(21)30)26(33)27(34)28-14-15-31-19(3)16-20-10-6-8-12-23(20)31/h6-13,16-17H,4-5,14-15,18H2,1-3H3,(H,28,34). The van der Waals surface area contributed by atoms with Crippen LogP contribution in [0.3, 0.4) is 0 Å². The van der Waals surface area contributed by atoms with Crippen molar-refractivity contribution in [3.05, 3.63) is 72.1 Å². The van der Waals surface area contributed by atoms with Gasteiger partial charge < -0.3 is 19.4 Å². The number of ketones is 1. The normalized spacial score (nSPS) is 11.1. The highest BCUT2D eigenvalue weighted by Gasteiger charge is 2.22. The summed E-state index contributed by atoms with van der Waals surface area (Å²) in [6.07, 6.45) is 1.62. The van der Waals surface area contributed by atoms with Gasteiger partial charge in [0.25, 0.3) is 11.7 Å². The molecule has 2 aromatic carbocycles. The summed E-state index contributed by atoms with van der Waals surface area (Å²) >= 11 is 0. The van der Waals surface area contributed by atoms with E-state index in [0.29, 0.717) is 37.1 Å². The van der Waals surface area contributed by atoms with E-state index in [-0.39, 0.29) is 12.5 Å². The molecule has 0 radical (unpaired) electrons. The van der Waals surface area contributed by atoms with Gasteiger partial charge in [-0.2, -0.15) is 0 Å². The van der Waals surface area contributed by atoms with Crippen molar-refractivity contribution in [2.45, 2.75) is 33.9 Å². The molecule has 0 unspecified atom stereocenters. The van der Waals surface area contributed by atoms with E-state index in [2.05, 4.69) is 22.0 Å². The fraction of sp³-hybridized carbons (Fsp3) is 0.296. The number of carbonyl (C=O) groups excluding carboxylic acids is 3. The van der Waals surface area contributed by atoms with E-state index in [4.69, 9.17) is 0 Å². The molecule has 0 saturated carbocycles. The van der Waals surface area contributed by atoms with Gasteiger partial charge in [-0.25, -0.2) is 0 Å². The predicted molar refractivity (Wildman–Crippen MR) is 134 cm³/mol. The first kappa shape index (κ1) is 23.3. The summed E-state index contributed by atoms with van der Waals surface area (Å²) in [5.41, 5.74) is 3.26. The maximum atomic E-state index is 13.0. The Bertz CT molecular complexity index is 1360. The van der Waals surface area contributed by atoms with Crippen molar-refractivity contribution in [2.75, 3.05) is 19.6 Å². The van der Waals surface area contributed by atoms with Crippen LogP contribution in [0.2, 0.25) is 0 Å². The van der Waals surface area contributed by atoms with Gasteiger partial charge in [-0.1, -0.05) is 36.4 Å². The Morgan fingerprint density at radius 3 is 2.35 bits per heavy atom. The van der Waals surface area contributed by atoms with Gasteiger partial charge in [0.05, 0.1) is 5.56 Å². The van der Waals surface area contributed by atoms with Gasteiger partial charge >= 0.3 is 0 Å². The zero-order chi connectivity index (χ0) is 24.2. The van der Waals surface area contributed by atoms with Crippen LogP contribution in [0.25, 0.3) is 21.8 Å². The third-order valence-corrected chi connectivity index (χ3v) is 6.30. The number of hydrogen-bond donors (Lipinski definition) is 1. The average molecular weight is 459 g/mol. The van der Waals surface area contributed by atoms with E-state index in [1.54, 1.807) is 15.7 Å². The molecule has 0 spiro atoms. The van der Waals surface area contributed by atoms with Crippen molar-refractivity contribution < 1.29 is 14.4 Å². The highest BCUT2D eigenvalue weighted by atomic mass is 16.2. The van der Waals surface area contributed by atoms with E-state index in [9.17, 15) is 14.4 Å². The first-order valence-electron chi connectivity index (χ1n) is 11.7. The number of fused-ring (bicyclic) bond motifs is 2. The lowest BCUT2D eigenvalue weighted by Gasteiger charge is -2.19. The molecule has 176 valence electrons. The number of para-hydroxylation sites is 2. The monoisotopic (exact) mass is 458 g/mol. The molecule has 0 bridgehead atoms. The third-order valence-electron chi connectivity index (χ3n) is 6.30. The predicted octanol–water partition coefficient (Wildman–Crippen LogP) is 3.77. The van der Waals surface area contributed by atoms with Crippen molar-refractivity contribution in [1.82, 2.24) is 19.4 Å². The number of aromatic nitrogens is 2. The Balaban J connectivity index is 1.49. The zero-order valence-electron chi connectivity index (χ0n) is 19.9. The molecule has 0 saturated heterocycles. The van der Waals surface area contributed by atoms with Gasteiger partial charge in [-0.15, -0.1) is 0 Å². The molecule has 0 aliphatic carbocycles. The van der Waals surface area contributed by atoms with Crippen LogP contribution < -0.4 is 5.32 Å². The van der Waals surface area contributed by atoms with Crippen molar-refractivity contribution >= 4 is 39.4 Å². The molecule has 0 atom stereocenters. The Hall–Kier alpha value is -3.87. The third kappa shape index (κ3) is 4.46. The second-order valence-electron chi connectivity index (χ2n) is 8.34. The number of benzene rings is 2. The molecular weight excluding hydrogens is 428 g/mol. The van der Waals surface area contributed by atoms with Gasteiger partial charge in [0, 0.05) is 54.5 Å². The minimum Gasteiger partial charge on any atom is -0.347 e. The zero-order valence-corrected chi connectivity index (χ0v) is 19.9. The van der Waals surface area contributed by atoms with E-state index in [1.807, 2.05) is 63.2 Å². The summed E-state index contributed by atoms with van der Waals surface area (Å²) in [6, 6.07) is 17.6. The SMILES string of the molecule is CCN(CC)C(=O)Cn1cc(C(=O)C(=O)NCCn2c(C)cc3ccccc32)c2ccccc21. The number of amides is 2. The maximum absolute atomic E-state index is 13.0. The number of nitrogens with one attached hydrogen (secondary N) is 1. The average Bonchev–Trinajstić information content (AvgIpc) is 3.36. The van der Waals surface area contributed by atoms with Crippen LogP contribution in [0.15, 0.2) is 60.8 Å². The second kappa shape index (κ2) is 9.95. The van der Waals surface area contributed by atoms with Crippen molar-refractivity contribution in [3.63, 3.8) is 0 Å². The molecule has 7 heteroatoms. The fourth-order valence-corrected chi connectivity index (χ4v) is 4.51. The van der Waals surface area contributed by atoms with Gasteiger partial charge in [0.15, 0.2) is 0 Å². The van der Waals surface area contributed by atoms with E-state index in [1.165, 1.54) is 0 Å². The molecule has 2 heterocycles. The highest BCUT2D eigenvalue weighted by molar-refractivity contribution is 6.45. The lowest BCUT2D eigenvalue weighted by molar-refractivity contribution is -0.131. The Kier molecular flexibility index (Phi) is 6.82. The van der Waals surface area contributed by atoms with Crippen molar-refractivity contribution in [2.24, 2.45) is 0 Å². The molecule has 0 fully saturated rings. The smallest absolute Gasteiger partial charge is 0.292 e. The van der Waals surface area contributed by atoms with Crippen LogP contribution in [0, 0.1) is 6.92 Å². The second-order valence-corrected chi connectivity index (χ2v) is 8.34. The molecule has 2 amide bonds. The molecule has 2 aromatic heterocycles. The molecule has 0 aliphatic heterocycles. The topological polar surface area (TPSA) is 76.3 Å². The van der Waals surface area contributed by atoms with Crippen molar-refractivity contribution in [3.8, 4) is 0 Å². The summed E-state index contributed by atoms with van der Waals surface area (Å²) in [6.45, 7) is 8.18. The lowest BCUT2D eigenvalue weighted by atomic mass is 10.1. The molecule has 4 aromatic rings. The molecule has 4 rings (SSSR count). The van der Waals surface area contributed by atoms with Gasteiger partial charge in [0.2, 0.25) is 5.91 Å². The summed E-state index contributed by atoms with van der Waals surface area (Å²) in [4.78, 5) is 40.2. The van der Waals surface area contributed by atoms with Crippen LogP contribution >= 0.6 is 0 Å². The van der Waals surface area contributed by atoms with Crippen LogP contribution in [0.4, 0.5) is 0 Å². The Labute approximate surface area is 198 Å². The molecule has 34 heavy (non-hydrogen) atoms. The number of hydrogen-bond acceptors (Lipinski definition) is 3. The van der Waals surface area contributed by atoms with Crippen molar-refractivity contribution in [1.29, 1.82) is 0 Å². The number of nitrogens with zero attached hydrogens (tertiary/aromatic N) is 3. The molecule has 1 N–H and O–H groups in total. The minimum absolute atomic E-state index is 0.0245. The summed E-state index contributed by atoms with van der Waals surface area (Å²) in [5, 5.41) is 4.59. The quantitative estimate of drug-likeness (QED) is 0.306. The summed E-state index contributed by atoms with van der Waals surface area (Å²) in [5.74, 6) is -1.27. The van der Waals surface area contributed by atoms with E-state index >= 15 is 0 Å². The molecule has 0 aliphatic rings. The molecule has 7 nitrogen and oxygen atoms in total. The van der Waals surface area contributed by atoms with E-state index in [0.717, 1.165) is 22.1 Å². The van der Waals surface area contributed by atoms with Crippen LogP contribution in [-0.4, -0.2) is 51.3 Å². The number of Topliss-reactive ketones (excluding diaryl/α,β-unsaturated/α-hetero) is 1. The fourth-order valence-electron chi connectivity index (χ4n) is 4.51. The largest absolute Gasteiger partial charge is 0.347 e. The first-order valence-corrected chi connectivity index (χ1v) is 11.7. The van der Waals surface area contributed by atoms with Gasteiger partial charge in [-0.3, -0.25) is 14.4 Å². The molecular formula is C27H30N4O3. The van der Waals surface area contributed by atoms with Gasteiger partial charge in [0.1, 0.15) is 6.54 Å². The number of likely N-dealkylation sites (N-methyl/N-ethyl adjacent to an activating group) is 1. The Morgan fingerprint density at radius 1 is 0.941 bits per heavy atom. The lowest BCUT2D eigenvalue weighted by Crippen LogP contribution is -2.34. The Morgan fingerprint density at radius 2 is 1.62 bits per heavy atom. The van der Waals surface area contributed by atoms with Crippen LogP contribution in [0.1, 0.15) is 29.9 Å². The van der Waals surface area contributed by atoms with Crippen LogP contribution in [0.5, 0.6) is 0 Å². The highest BCUT2D eigenvalue weighted by Crippen LogP contribution is 2.22. The number of rotatable bonds is 9. The van der Waals surface area contributed by atoms with Crippen LogP contribution in [-0.2, 0) is 22.7 Å². The first-order chi connectivity index (χ1) is 16.4. The summed E-state index contributed by atoms with van der Waals surface area (Å²) < 4.78 is 3.89. The number of aryl methyl sites for hydroxylation is 1. The van der Waals surface area contributed by atoms with E-state index < -0.39 is 11.7 Å². The van der Waals surface area contributed by atoms with Gasteiger partial charge in [-0.05, 0) is 44.4 Å².